The van der Waals surface area contributed by atoms with Crippen LogP contribution in [0.15, 0.2) is 53.1 Å². The van der Waals surface area contributed by atoms with Crippen LogP contribution >= 0.6 is 11.6 Å². The largest absolute Gasteiger partial charge is 0.497 e. The van der Waals surface area contributed by atoms with Gasteiger partial charge >= 0.3 is 0 Å². The zero-order valence-electron chi connectivity index (χ0n) is 17.4. The molecule has 0 unspecified atom stereocenters. The highest BCUT2D eigenvalue weighted by Crippen LogP contribution is 2.22. The number of likely N-dealkylation sites (tertiary alicyclic amines) is 1. The Morgan fingerprint density at radius 3 is 2.55 bits per heavy atom. The Morgan fingerprint density at radius 2 is 1.87 bits per heavy atom. The van der Waals surface area contributed by atoms with E-state index in [0.717, 1.165) is 42.8 Å². The van der Waals surface area contributed by atoms with Crippen LogP contribution in [-0.4, -0.2) is 41.1 Å². The molecule has 162 valence electrons. The van der Waals surface area contributed by atoms with Crippen molar-refractivity contribution in [3.63, 3.8) is 0 Å². The number of carbonyl (C=O) groups excluding carboxylic acids is 1. The smallest absolute Gasteiger partial charge is 0.241 e. The van der Waals surface area contributed by atoms with Crippen LogP contribution in [0.25, 0.3) is 11.4 Å². The van der Waals surface area contributed by atoms with Gasteiger partial charge in [0, 0.05) is 23.0 Å². The van der Waals surface area contributed by atoms with E-state index in [1.54, 1.807) is 19.2 Å². The normalized spacial score (nSPS) is 15.0. The first-order chi connectivity index (χ1) is 15.1. The molecule has 1 aromatic heterocycles. The summed E-state index contributed by atoms with van der Waals surface area (Å²) in [4.78, 5) is 19.3. The van der Waals surface area contributed by atoms with Gasteiger partial charge in [0.05, 0.1) is 13.7 Å². The molecule has 1 saturated heterocycles. The molecule has 1 aliphatic rings. The van der Waals surface area contributed by atoms with Crippen LogP contribution in [0.3, 0.4) is 0 Å². The molecule has 0 spiro atoms. The highest BCUT2D eigenvalue weighted by molar-refractivity contribution is 6.30. The van der Waals surface area contributed by atoms with E-state index in [1.807, 2.05) is 36.4 Å². The van der Waals surface area contributed by atoms with Crippen LogP contribution in [0.5, 0.6) is 5.75 Å². The van der Waals surface area contributed by atoms with E-state index in [0.29, 0.717) is 29.8 Å². The minimum absolute atomic E-state index is 0.0295. The third kappa shape index (κ3) is 5.62. The Bertz CT molecular complexity index is 996. The summed E-state index contributed by atoms with van der Waals surface area (Å²) in [6, 6.07) is 15.1. The van der Waals surface area contributed by atoms with E-state index in [-0.39, 0.29) is 11.8 Å². The predicted molar refractivity (Wildman–Crippen MR) is 118 cm³/mol. The van der Waals surface area contributed by atoms with Crippen LogP contribution in [0, 0.1) is 5.92 Å². The SMILES string of the molecule is COc1ccc(CNC(=O)C2CCN(Cc3nc(-c4ccc(Cl)cc4)no3)CC2)cc1. The average Bonchev–Trinajstić information content (AvgIpc) is 3.27. The number of benzene rings is 2. The summed E-state index contributed by atoms with van der Waals surface area (Å²) in [5.41, 5.74) is 1.92. The zero-order chi connectivity index (χ0) is 21.6. The summed E-state index contributed by atoms with van der Waals surface area (Å²) in [6.45, 7) is 2.75. The first kappa shape index (κ1) is 21.3. The van der Waals surface area contributed by atoms with Gasteiger partial charge in [-0.3, -0.25) is 9.69 Å². The topological polar surface area (TPSA) is 80.5 Å². The van der Waals surface area contributed by atoms with Gasteiger partial charge in [0.25, 0.3) is 0 Å². The first-order valence-electron chi connectivity index (χ1n) is 10.3. The van der Waals surface area contributed by atoms with Crippen LogP contribution in [0.2, 0.25) is 5.02 Å². The third-order valence-electron chi connectivity index (χ3n) is 5.51. The Hall–Kier alpha value is -2.90. The maximum absolute atomic E-state index is 12.5. The van der Waals surface area contributed by atoms with Gasteiger partial charge in [-0.2, -0.15) is 4.98 Å². The highest BCUT2D eigenvalue weighted by Gasteiger charge is 2.26. The number of halogens is 1. The third-order valence-corrected chi connectivity index (χ3v) is 5.77. The highest BCUT2D eigenvalue weighted by atomic mass is 35.5. The molecule has 3 aromatic rings. The fraction of sp³-hybridized carbons (Fsp3) is 0.348. The van der Waals surface area contributed by atoms with Gasteiger partial charge in [-0.1, -0.05) is 28.9 Å². The van der Waals surface area contributed by atoms with Crippen molar-refractivity contribution in [2.24, 2.45) is 5.92 Å². The molecule has 1 amide bonds. The number of amides is 1. The van der Waals surface area contributed by atoms with Crippen molar-refractivity contribution >= 4 is 17.5 Å². The van der Waals surface area contributed by atoms with E-state index < -0.39 is 0 Å². The van der Waals surface area contributed by atoms with Gasteiger partial charge in [0.2, 0.25) is 17.6 Å². The quantitative estimate of drug-likeness (QED) is 0.599. The van der Waals surface area contributed by atoms with Crippen LogP contribution in [0.4, 0.5) is 0 Å². The minimum Gasteiger partial charge on any atom is -0.497 e. The second-order valence-corrected chi connectivity index (χ2v) is 8.07. The standard InChI is InChI=1S/C23H25ClN4O3/c1-30-20-8-2-16(3-9-20)14-25-23(29)18-10-12-28(13-11-18)15-21-26-22(27-31-21)17-4-6-19(24)7-5-17/h2-9,18H,10-15H2,1H3,(H,25,29). The molecular weight excluding hydrogens is 416 g/mol. The lowest BCUT2D eigenvalue weighted by molar-refractivity contribution is -0.126. The Labute approximate surface area is 186 Å². The molecule has 2 aromatic carbocycles. The summed E-state index contributed by atoms with van der Waals surface area (Å²) in [5.74, 6) is 2.08. The van der Waals surface area contributed by atoms with Crippen molar-refractivity contribution in [3.05, 3.63) is 65.0 Å². The number of hydrogen-bond acceptors (Lipinski definition) is 6. The molecule has 1 aliphatic heterocycles. The van der Waals surface area contributed by atoms with Crippen molar-refractivity contribution < 1.29 is 14.1 Å². The van der Waals surface area contributed by atoms with E-state index in [4.69, 9.17) is 20.9 Å². The summed E-state index contributed by atoms with van der Waals surface area (Å²) in [6.07, 6.45) is 1.62. The molecule has 0 aliphatic carbocycles. The molecule has 4 rings (SSSR count). The van der Waals surface area contributed by atoms with Crippen molar-refractivity contribution in [2.45, 2.75) is 25.9 Å². The maximum atomic E-state index is 12.5. The number of methoxy groups -OCH3 is 1. The number of rotatable bonds is 7. The summed E-state index contributed by atoms with van der Waals surface area (Å²) >= 11 is 5.93. The molecular formula is C23H25ClN4O3. The van der Waals surface area contributed by atoms with Gasteiger partial charge < -0.3 is 14.6 Å². The molecule has 1 fully saturated rings. The summed E-state index contributed by atoms with van der Waals surface area (Å²) in [5, 5.41) is 7.78. The Morgan fingerprint density at radius 1 is 1.16 bits per heavy atom. The summed E-state index contributed by atoms with van der Waals surface area (Å²) in [7, 11) is 1.64. The van der Waals surface area contributed by atoms with Crippen molar-refractivity contribution in [2.75, 3.05) is 20.2 Å². The molecule has 7 nitrogen and oxygen atoms in total. The number of ether oxygens (including phenoxy) is 1. The summed E-state index contributed by atoms with van der Waals surface area (Å²) < 4.78 is 10.6. The number of carbonyl (C=O) groups is 1. The van der Waals surface area contributed by atoms with Crippen molar-refractivity contribution in [3.8, 4) is 17.1 Å². The van der Waals surface area contributed by atoms with Gasteiger partial charge in [-0.05, 0) is 67.9 Å². The zero-order valence-corrected chi connectivity index (χ0v) is 18.1. The number of aromatic nitrogens is 2. The molecule has 0 atom stereocenters. The van der Waals surface area contributed by atoms with Crippen LogP contribution in [-0.2, 0) is 17.9 Å². The van der Waals surface area contributed by atoms with Crippen LogP contribution < -0.4 is 10.1 Å². The van der Waals surface area contributed by atoms with E-state index in [1.165, 1.54) is 0 Å². The first-order valence-corrected chi connectivity index (χ1v) is 10.7. The second-order valence-electron chi connectivity index (χ2n) is 7.63. The number of nitrogens with zero attached hydrogens (tertiary/aromatic N) is 3. The average molecular weight is 441 g/mol. The van der Waals surface area contributed by atoms with Gasteiger partial charge in [0.1, 0.15) is 5.75 Å². The fourth-order valence-electron chi connectivity index (χ4n) is 3.66. The Kier molecular flexibility index (Phi) is 6.84. The van der Waals surface area contributed by atoms with Crippen molar-refractivity contribution in [1.29, 1.82) is 0 Å². The minimum atomic E-state index is 0.0295. The van der Waals surface area contributed by atoms with E-state index in [2.05, 4.69) is 20.4 Å². The van der Waals surface area contributed by atoms with E-state index in [9.17, 15) is 4.79 Å². The number of hydrogen-bond donors (Lipinski definition) is 1. The van der Waals surface area contributed by atoms with Gasteiger partial charge in [-0.25, -0.2) is 0 Å². The predicted octanol–water partition coefficient (Wildman–Crippen LogP) is 3.93. The molecule has 0 radical (unpaired) electrons. The molecule has 0 bridgehead atoms. The molecule has 31 heavy (non-hydrogen) atoms. The van der Waals surface area contributed by atoms with Crippen molar-refractivity contribution in [1.82, 2.24) is 20.4 Å². The molecule has 8 heteroatoms. The fourth-order valence-corrected chi connectivity index (χ4v) is 3.78. The monoisotopic (exact) mass is 440 g/mol. The second kappa shape index (κ2) is 9.94. The van der Waals surface area contributed by atoms with Gasteiger partial charge in [0.15, 0.2) is 0 Å². The van der Waals surface area contributed by atoms with Crippen LogP contribution in [0.1, 0.15) is 24.3 Å². The lowest BCUT2D eigenvalue weighted by Gasteiger charge is -2.30. The Balaban J connectivity index is 1.23. The maximum Gasteiger partial charge on any atom is 0.241 e. The van der Waals surface area contributed by atoms with Gasteiger partial charge in [-0.15, -0.1) is 0 Å². The van der Waals surface area contributed by atoms with E-state index >= 15 is 0 Å². The number of piperidine rings is 1. The molecule has 0 saturated carbocycles. The number of nitrogens with one attached hydrogen (secondary N) is 1. The molecule has 2 heterocycles. The lowest BCUT2D eigenvalue weighted by atomic mass is 9.96. The molecule has 1 N–H and O–H groups in total. The lowest BCUT2D eigenvalue weighted by Crippen LogP contribution is -2.40.